The molecule has 6 nitrogen and oxygen atoms in total. The van der Waals surface area contributed by atoms with Crippen LogP contribution >= 0.6 is 0 Å². The number of tetrazole rings is 1. The van der Waals surface area contributed by atoms with Crippen molar-refractivity contribution < 1.29 is 0 Å². The van der Waals surface area contributed by atoms with Gasteiger partial charge in [-0.3, -0.25) is 0 Å². The van der Waals surface area contributed by atoms with Gasteiger partial charge in [-0.05, 0) is 55.2 Å². The van der Waals surface area contributed by atoms with Crippen molar-refractivity contribution in [3.8, 4) is 11.4 Å². The van der Waals surface area contributed by atoms with E-state index in [0.717, 1.165) is 35.7 Å². The van der Waals surface area contributed by atoms with Crippen LogP contribution in [0.2, 0.25) is 0 Å². The summed E-state index contributed by atoms with van der Waals surface area (Å²) in [5.41, 5.74) is 8.62. The summed E-state index contributed by atoms with van der Waals surface area (Å²) >= 11 is 0. The first kappa shape index (κ1) is 12.5. The average Bonchev–Trinajstić information content (AvgIpc) is 2.78. The fourth-order valence-corrected chi connectivity index (χ4v) is 1.67. The van der Waals surface area contributed by atoms with E-state index in [2.05, 4.69) is 20.4 Å². The fourth-order valence-electron chi connectivity index (χ4n) is 1.67. The van der Waals surface area contributed by atoms with E-state index in [1.165, 1.54) is 0 Å². The van der Waals surface area contributed by atoms with Gasteiger partial charge < -0.3 is 10.6 Å². The van der Waals surface area contributed by atoms with E-state index in [-0.39, 0.29) is 0 Å². The van der Waals surface area contributed by atoms with E-state index in [4.69, 9.17) is 5.73 Å². The zero-order valence-electron chi connectivity index (χ0n) is 11.0. The first-order valence-electron chi connectivity index (χ1n) is 5.85. The third-order valence-electron chi connectivity index (χ3n) is 2.82. The molecule has 0 bridgehead atoms. The second kappa shape index (κ2) is 5.14. The first-order chi connectivity index (χ1) is 8.58. The molecule has 18 heavy (non-hydrogen) atoms. The number of nitrogens with two attached hydrogens (primary N) is 1. The van der Waals surface area contributed by atoms with Crippen molar-refractivity contribution in [3.05, 3.63) is 23.8 Å². The number of benzene rings is 1. The number of rotatable bonds is 4. The highest BCUT2D eigenvalue weighted by molar-refractivity contribution is 5.61. The third-order valence-corrected chi connectivity index (χ3v) is 2.82. The molecule has 0 saturated heterocycles. The lowest BCUT2D eigenvalue weighted by molar-refractivity contribution is 0.372. The van der Waals surface area contributed by atoms with Crippen LogP contribution in [-0.4, -0.2) is 45.7 Å². The summed E-state index contributed by atoms with van der Waals surface area (Å²) in [6, 6.07) is 5.84. The molecule has 0 atom stereocenters. The van der Waals surface area contributed by atoms with Crippen molar-refractivity contribution >= 4 is 5.69 Å². The fraction of sp³-hybridized carbons (Fsp3) is 0.417. The Morgan fingerprint density at radius 3 is 2.78 bits per heavy atom. The van der Waals surface area contributed by atoms with Crippen LogP contribution in [0.3, 0.4) is 0 Å². The van der Waals surface area contributed by atoms with E-state index in [9.17, 15) is 0 Å². The maximum absolute atomic E-state index is 5.81. The molecule has 0 spiro atoms. The zero-order chi connectivity index (χ0) is 13.1. The number of likely N-dealkylation sites (N-methyl/N-ethyl adjacent to an activating group) is 1. The largest absolute Gasteiger partial charge is 0.399 e. The summed E-state index contributed by atoms with van der Waals surface area (Å²) in [5.74, 6) is 0.778. The number of aromatic nitrogens is 4. The van der Waals surface area contributed by atoms with Crippen molar-refractivity contribution in [2.24, 2.45) is 0 Å². The summed E-state index contributed by atoms with van der Waals surface area (Å²) in [5, 5.41) is 11.8. The summed E-state index contributed by atoms with van der Waals surface area (Å²) in [6.45, 7) is 3.64. The van der Waals surface area contributed by atoms with Crippen LogP contribution in [0, 0.1) is 6.92 Å². The van der Waals surface area contributed by atoms with E-state index >= 15 is 0 Å². The molecule has 0 radical (unpaired) electrons. The highest BCUT2D eigenvalue weighted by Crippen LogP contribution is 2.20. The van der Waals surface area contributed by atoms with Gasteiger partial charge in [-0.2, -0.15) is 0 Å². The topological polar surface area (TPSA) is 72.9 Å². The van der Waals surface area contributed by atoms with Gasteiger partial charge in [0.2, 0.25) is 0 Å². The van der Waals surface area contributed by atoms with Gasteiger partial charge in [0.25, 0.3) is 0 Å². The van der Waals surface area contributed by atoms with Gasteiger partial charge in [0.1, 0.15) is 0 Å². The predicted molar refractivity (Wildman–Crippen MR) is 71.0 cm³/mol. The molecule has 0 aliphatic rings. The molecule has 2 aromatic rings. The van der Waals surface area contributed by atoms with Gasteiger partial charge in [0, 0.05) is 17.8 Å². The minimum absolute atomic E-state index is 0.763. The van der Waals surface area contributed by atoms with Crippen LogP contribution in [0.25, 0.3) is 11.4 Å². The molecule has 0 amide bonds. The van der Waals surface area contributed by atoms with Crippen molar-refractivity contribution in [3.63, 3.8) is 0 Å². The minimum atomic E-state index is 0.763. The van der Waals surface area contributed by atoms with Gasteiger partial charge >= 0.3 is 0 Å². The molecule has 96 valence electrons. The minimum Gasteiger partial charge on any atom is -0.399 e. The van der Waals surface area contributed by atoms with E-state index in [0.29, 0.717) is 0 Å². The summed E-state index contributed by atoms with van der Waals surface area (Å²) in [6.07, 6.45) is 0. The third kappa shape index (κ3) is 2.65. The Hall–Kier alpha value is -1.95. The summed E-state index contributed by atoms with van der Waals surface area (Å²) in [4.78, 5) is 2.10. The molecule has 2 N–H and O–H groups in total. The lowest BCUT2D eigenvalue weighted by Crippen LogP contribution is -2.19. The zero-order valence-corrected chi connectivity index (χ0v) is 11.0. The van der Waals surface area contributed by atoms with Gasteiger partial charge in [-0.25, -0.2) is 4.68 Å². The molecule has 0 saturated carbocycles. The van der Waals surface area contributed by atoms with E-state index < -0.39 is 0 Å². The SMILES string of the molecule is Cc1cc(-c2nnnn2CCN(C)C)ccc1N. The normalized spacial score (nSPS) is 11.1. The Kier molecular flexibility index (Phi) is 3.57. The van der Waals surface area contributed by atoms with E-state index in [1.807, 2.05) is 43.9 Å². The number of hydrogen-bond donors (Lipinski definition) is 1. The number of nitrogen functional groups attached to an aromatic ring is 1. The molecule has 0 aliphatic carbocycles. The molecule has 0 fully saturated rings. The van der Waals surface area contributed by atoms with Crippen LogP contribution in [-0.2, 0) is 6.54 Å². The highest BCUT2D eigenvalue weighted by Gasteiger charge is 2.09. The standard InChI is InChI=1S/C12H18N6/c1-9-8-10(4-5-11(9)13)12-14-15-16-18(12)7-6-17(2)3/h4-5,8H,6-7,13H2,1-3H3. The highest BCUT2D eigenvalue weighted by atomic mass is 15.5. The molecule has 0 aliphatic heterocycles. The van der Waals surface area contributed by atoms with Gasteiger partial charge in [0.05, 0.1) is 6.54 Å². The Bertz CT molecular complexity index is 531. The molecule has 1 aromatic carbocycles. The average molecular weight is 246 g/mol. The quantitative estimate of drug-likeness (QED) is 0.807. The van der Waals surface area contributed by atoms with Crippen LogP contribution in [0.15, 0.2) is 18.2 Å². The number of hydrogen-bond acceptors (Lipinski definition) is 5. The second-order valence-corrected chi connectivity index (χ2v) is 4.60. The lowest BCUT2D eigenvalue weighted by Gasteiger charge is -2.10. The van der Waals surface area contributed by atoms with Gasteiger partial charge in [0.15, 0.2) is 5.82 Å². The van der Waals surface area contributed by atoms with Crippen LogP contribution < -0.4 is 5.73 Å². The van der Waals surface area contributed by atoms with Crippen LogP contribution in [0.1, 0.15) is 5.56 Å². The summed E-state index contributed by atoms with van der Waals surface area (Å²) < 4.78 is 1.81. The molecular weight excluding hydrogens is 228 g/mol. The molecule has 1 aromatic heterocycles. The van der Waals surface area contributed by atoms with Gasteiger partial charge in [-0.1, -0.05) is 0 Å². The number of nitrogens with zero attached hydrogens (tertiary/aromatic N) is 5. The lowest BCUT2D eigenvalue weighted by atomic mass is 10.1. The molecular formula is C12H18N6. The molecule has 0 unspecified atom stereocenters. The monoisotopic (exact) mass is 246 g/mol. The first-order valence-corrected chi connectivity index (χ1v) is 5.85. The molecule has 1 heterocycles. The predicted octanol–water partition coefficient (Wildman–Crippen LogP) is 0.792. The van der Waals surface area contributed by atoms with Crippen molar-refractivity contribution in [1.29, 1.82) is 0 Å². The second-order valence-electron chi connectivity index (χ2n) is 4.60. The Balaban J connectivity index is 2.27. The van der Waals surface area contributed by atoms with Crippen molar-refractivity contribution in [2.75, 3.05) is 26.4 Å². The van der Waals surface area contributed by atoms with Crippen LogP contribution in [0.5, 0.6) is 0 Å². The van der Waals surface area contributed by atoms with Crippen LogP contribution in [0.4, 0.5) is 5.69 Å². The van der Waals surface area contributed by atoms with E-state index in [1.54, 1.807) is 0 Å². The molecule has 6 heteroatoms. The summed E-state index contributed by atoms with van der Waals surface area (Å²) in [7, 11) is 4.05. The maximum atomic E-state index is 5.81. The molecule has 2 rings (SSSR count). The van der Waals surface area contributed by atoms with Crippen molar-refractivity contribution in [2.45, 2.75) is 13.5 Å². The Labute approximate surface area is 106 Å². The smallest absolute Gasteiger partial charge is 0.182 e. The van der Waals surface area contributed by atoms with Crippen molar-refractivity contribution in [1.82, 2.24) is 25.1 Å². The maximum Gasteiger partial charge on any atom is 0.182 e. The number of anilines is 1. The Morgan fingerprint density at radius 1 is 1.33 bits per heavy atom. The number of aryl methyl sites for hydroxylation is 1. The Morgan fingerprint density at radius 2 is 2.11 bits per heavy atom. The van der Waals surface area contributed by atoms with Gasteiger partial charge in [-0.15, -0.1) is 5.10 Å².